The Labute approximate surface area is 247 Å². The summed E-state index contributed by atoms with van der Waals surface area (Å²) in [5, 5.41) is 11.6. The predicted octanol–water partition coefficient (Wildman–Crippen LogP) is 6.45. The molecule has 0 bridgehead atoms. The molecule has 1 atom stereocenters. The molecule has 1 aliphatic heterocycles. The van der Waals surface area contributed by atoms with Gasteiger partial charge in [0, 0.05) is 5.56 Å². The molecule has 1 amide bonds. The highest BCUT2D eigenvalue weighted by Crippen LogP contribution is 2.44. The van der Waals surface area contributed by atoms with Crippen molar-refractivity contribution in [3.8, 4) is 5.75 Å². The number of carbonyl (C=O) groups excluding carboxylic acids is 3. The van der Waals surface area contributed by atoms with Crippen molar-refractivity contribution in [3.05, 3.63) is 117 Å². The van der Waals surface area contributed by atoms with Crippen LogP contribution in [0.1, 0.15) is 56.1 Å². The van der Waals surface area contributed by atoms with Crippen LogP contribution in [0.15, 0.2) is 78.4 Å². The Balaban J connectivity index is 1.52. The molecule has 0 spiro atoms. The Kier molecular flexibility index (Phi) is 8.22. The van der Waals surface area contributed by atoms with E-state index in [0.717, 1.165) is 28.0 Å². The summed E-state index contributed by atoms with van der Waals surface area (Å²) < 4.78 is 11.1. The van der Waals surface area contributed by atoms with Crippen LogP contribution in [0.3, 0.4) is 0 Å². The molecule has 1 saturated heterocycles. The third-order valence-corrected chi connectivity index (χ3v) is 8.21. The Hall–Kier alpha value is -4.76. The molecule has 8 nitrogen and oxygen atoms in total. The molecule has 1 aromatic heterocycles. The molecule has 2 heterocycles. The molecule has 42 heavy (non-hydrogen) atoms. The van der Waals surface area contributed by atoms with Gasteiger partial charge in [0.2, 0.25) is 0 Å². The Morgan fingerprint density at radius 1 is 0.976 bits per heavy atom. The van der Waals surface area contributed by atoms with E-state index in [1.165, 1.54) is 4.90 Å². The summed E-state index contributed by atoms with van der Waals surface area (Å²) in [5.41, 5.74) is 4.47. The van der Waals surface area contributed by atoms with Crippen molar-refractivity contribution in [2.75, 3.05) is 11.5 Å². The fourth-order valence-corrected chi connectivity index (χ4v) is 5.75. The van der Waals surface area contributed by atoms with Gasteiger partial charge < -0.3 is 14.6 Å². The zero-order chi connectivity index (χ0) is 30.0. The van der Waals surface area contributed by atoms with Gasteiger partial charge in [0.1, 0.15) is 23.0 Å². The fraction of sp³-hybridized carbons (Fsp3) is 0.212. The molecule has 1 aliphatic rings. The highest BCUT2D eigenvalue weighted by atomic mass is 32.1. The van der Waals surface area contributed by atoms with Gasteiger partial charge in [0.05, 0.1) is 23.9 Å². The summed E-state index contributed by atoms with van der Waals surface area (Å²) >= 11 is 0.975. The van der Waals surface area contributed by atoms with Crippen molar-refractivity contribution in [2.24, 2.45) is 0 Å². The zero-order valence-electron chi connectivity index (χ0n) is 23.7. The summed E-state index contributed by atoms with van der Waals surface area (Å²) in [7, 11) is 0. The molecule has 0 saturated carbocycles. The van der Waals surface area contributed by atoms with E-state index in [0.29, 0.717) is 29.2 Å². The first kappa shape index (κ1) is 28.8. The van der Waals surface area contributed by atoms with Gasteiger partial charge in [-0.1, -0.05) is 65.4 Å². The van der Waals surface area contributed by atoms with Crippen LogP contribution in [0, 0.1) is 20.8 Å². The Morgan fingerprint density at radius 3 is 2.33 bits per heavy atom. The van der Waals surface area contributed by atoms with Crippen LogP contribution >= 0.6 is 11.3 Å². The number of amides is 1. The number of ether oxygens (including phenoxy) is 2. The maximum Gasteiger partial charge on any atom is 0.350 e. The van der Waals surface area contributed by atoms with Gasteiger partial charge in [-0.2, -0.15) is 0 Å². The lowest BCUT2D eigenvalue weighted by Crippen LogP contribution is -2.29. The second kappa shape index (κ2) is 12.0. The second-order valence-corrected chi connectivity index (χ2v) is 10.9. The highest BCUT2D eigenvalue weighted by molar-refractivity contribution is 7.17. The third kappa shape index (κ3) is 5.56. The highest BCUT2D eigenvalue weighted by Gasteiger charge is 2.48. The molecular formula is C33H30N2O6S. The first-order chi connectivity index (χ1) is 20.2. The second-order valence-electron chi connectivity index (χ2n) is 9.95. The molecule has 3 aromatic carbocycles. The monoisotopic (exact) mass is 582 g/mol. The molecule has 0 radical (unpaired) electrons. The van der Waals surface area contributed by atoms with Gasteiger partial charge in [0.15, 0.2) is 5.13 Å². The van der Waals surface area contributed by atoms with Crippen molar-refractivity contribution in [1.82, 2.24) is 4.98 Å². The average Bonchev–Trinajstić information content (AvgIpc) is 3.49. The quantitative estimate of drug-likeness (QED) is 0.110. The molecule has 0 aliphatic carbocycles. The third-order valence-electron chi connectivity index (χ3n) is 7.07. The van der Waals surface area contributed by atoms with Crippen LogP contribution < -0.4 is 9.64 Å². The number of aryl methyl sites for hydroxylation is 3. The lowest BCUT2D eigenvalue weighted by atomic mass is 9.95. The number of benzene rings is 3. The van der Waals surface area contributed by atoms with Gasteiger partial charge in [-0.25, -0.2) is 9.78 Å². The number of aliphatic hydroxyl groups is 1. The molecule has 4 aromatic rings. The van der Waals surface area contributed by atoms with Crippen LogP contribution in [0.5, 0.6) is 5.75 Å². The smallest absolute Gasteiger partial charge is 0.350 e. The van der Waals surface area contributed by atoms with E-state index in [1.807, 2.05) is 50.2 Å². The van der Waals surface area contributed by atoms with Crippen molar-refractivity contribution >= 4 is 39.9 Å². The summed E-state index contributed by atoms with van der Waals surface area (Å²) in [6, 6.07) is 21.1. The van der Waals surface area contributed by atoms with E-state index < -0.39 is 23.7 Å². The number of hydrogen-bond donors (Lipinski definition) is 1. The summed E-state index contributed by atoms with van der Waals surface area (Å²) in [6.45, 7) is 7.87. The lowest BCUT2D eigenvalue weighted by Gasteiger charge is -2.23. The number of aliphatic hydroxyl groups excluding tert-OH is 1. The summed E-state index contributed by atoms with van der Waals surface area (Å²) in [5.74, 6) is -1.96. The molecule has 1 fully saturated rings. The van der Waals surface area contributed by atoms with Crippen LogP contribution in [0.2, 0.25) is 0 Å². The van der Waals surface area contributed by atoms with E-state index in [4.69, 9.17) is 9.47 Å². The normalized spacial score (nSPS) is 16.1. The average molecular weight is 583 g/mol. The van der Waals surface area contributed by atoms with Gasteiger partial charge in [-0.3, -0.25) is 14.5 Å². The fourth-order valence-electron chi connectivity index (χ4n) is 4.76. The largest absolute Gasteiger partial charge is 0.507 e. The Morgan fingerprint density at radius 2 is 1.67 bits per heavy atom. The minimum Gasteiger partial charge on any atom is -0.507 e. The van der Waals surface area contributed by atoms with E-state index in [2.05, 4.69) is 4.98 Å². The van der Waals surface area contributed by atoms with Crippen LogP contribution in [0.25, 0.3) is 5.76 Å². The molecular weight excluding hydrogens is 552 g/mol. The van der Waals surface area contributed by atoms with Gasteiger partial charge in [0.25, 0.3) is 5.78 Å². The first-order valence-corrected chi connectivity index (χ1v) is 14.3. The van der Waals surface area contributed by atoms with Gasteiger partial charge >= 0.3 is 11.9 Å². The number of carbonyl (C=O) groups is 3. The van der Waals surface area contributed by atoms with Crippen LogP contribution in [0.4, 0.5) is 5.13 Å². The number of rotatable bonds is 8. The minimum atomic E-state index is -0.955. The number of anilines is 1. The van der Waals surface area contributed by atoms with E-state index in [-0.39, 0.29) is 27.9 Å². The Bertz CT molecular complexity index is 1690. The van der Waals surface area contributed by atoms with Gasteiger partial charge in [-0.15, -0.1) is 0 Å². The SMILES string of the molecule is CCOC(=O)c1sc(N2C(=O)C(=O)/C(=C(/O)c3ccc(OCc4ccccc4C)cc3)C2c2ccc(C)cc2)nc1C. The van der Waals surface area contributed by atoms with Crippen LogP contribution in [-0.2, 0) is 20.9 Å². The van der Waals surface area contributed by atoms with E-state index in [9.17, 15) is 19.5 Å². The number of nitrogens with zero attached hydrogens (tertiary/aromatic N) is 2. The first-order valence-electron chi connectivity index (χ1n) is 13.5. The van der Waals surface area contributed by atoms with Crippen molar-refractivity contribution < 1.29 is 29.0 Å². The van der Waals surface area contributed by atoms with Crippen molar-refractivity contribution in [1.29, 1.82) is 0 Å². The topological polar surface area (TPSA) is 106 Å². The van der Waals surface area contributed by atoms with E-state index in [1.54, 1.807) is 50.2 Å². The summed E-state index contributed by atoms with van der Waals surface area (Å²) in [6.07, 6.45) is 0. The van der Waals surface area contributed by atoms with Crippen molar-refractivity contribution in [2.45, 2.75) is 40.3 Å². The van der Waals surface area contributed by atoms with Crippen LogP contribution in [-0.4, -0.2) is 34.4 Å². The summed E-state index contributed by atoms with van der Waals surface area (Å²) in [4.78, 5) is 45.4. The minimum absolute atomic E-state index is 0.0667. The maximum atomic E-state index is 13.5. The number of ketones is 1. The maximum absolute atomic E-state index is 13.5. The molecule has 1 unspecified atom stereocenters. The number of thiazole rings is 1. The molecule has 1 N–H and O–H groups in total. The van der Waals surface area contributed by atoms with Gasteiger partial charge in [-0.05, 0) is 68.7 Å². The number of aromatic nitrogens is 1. The molecule has 5 rings (SSSR count). The molecule has 214 valence electrons. The predicted molar refractivity (Wildman–Crippen MR) is 161 cm³/mol. The number of hydrogen-bond acceptors (Lipinski definition) is 8. The van der Waals surface area contributed by atoms with E-state index >= 15 is 0 Å². The number of esters is 1. The van der Waals surface area contributed by atoms with Crippen molar-refractivity contribution in [3.63, 3.8) is 0 Å². The molecule has 9 heteroatoms. The number of Topliss-reactive ketones (excluding diaryl/α,β-unsaturated/α-hetero) is 1. The lowest BCUT2D eigenvalue weighted by molar-refractivity contribution is -0.132. The standard InChI is InChI=1S/C33H30N2O6S/c1-5-40-32(39)30-21(4)34-33(42-30)35-27(22-12-10-19(2)11-13-22)26(29(37)31(35)38)28(36)23-14-16-25(17-15-23)41-18-24-9-7-6-8-20(24)3/h6-17,27,36H,5,18H2,1-4H3/b28-26+. The zero-order valence-corrected chi connectivity index (χ0v) is 24.5.